The van der Waals surface area contributed by atoms with Gasteiger partial charge in [-0.25, -0.2) is 0 Å². The molecule has 0 aliphatic heterocycles. The van der Waals surface area contributed by atoms with Gasteiger partial charge in [0.2, 0.25) is 0 Å². The zero-order chi connectivity index (χ0) is 11.2. The van der Waals surface area contributed by atoms with Crippen LogP contribution in [-0.4, -0.2) is 21.5 Å². The molecule has 0 saturated heterocycles. The molecule has 0 aliphatic rings. The van der Waals surface area contributed by atoms with Crippen molar-refractivity contribution in [1.82, 2.24) is 20.3 Å². The van der Waals surface area contributed by atoms with Crippen molar-refractivity contribution < 1.29 is 4.42 Å². The minimum absolute atomic E-state index is 0.778. The Balaban J connectivity index is 1.59. The number of halogens is 1. The van der Waals surface area contributed by atoms with E-state index in [1.54, 1.807) is 6.20 Å². The number of nitrogens with one attached hydrogen (secondary N) is 1. The molecule has 86 valence electrons. The van der Waals surface area contributed by atoms with Gasteiger partial charge in [0.15, 0.2) is 3.77 Å². The SMILES string of the molecule is Ic1ccc(CNCCCn2ccnn2)o1. The third kappa shape index (κ3) is 3.60. The van der Waals surface area contributed by atoms with E-state index in [4.69, 9.17) is 4.42 Å². The zero-order valence-corrected chi connectivity index (χ0v) is 10.9. The first kappa shape index (κ1) is 11.6. The number of furan rings is 1. The number of nitrogens with zero attached hydrogens (tertiary/aromatic N) is 3. The molecule has 0 aromatic carbocycles. The van der Waals surface area contributed by atoms with Gasteiger partial charge in [0, 0.05) is 12.7 Å². The molecule has 0 unspecified atom stereocenters. The molecular formula is C10H13IN4O. The van der Waals surface area contributed by atoms with Crippen molar-refractivity contribution in [1.29, 1.82) is 0 Å². The molecule has 0 spiro atoms. The fraction of sp³-hybridized carbons (Fsp3) is 0.400. The van der Waals surface area contributed by atoms with Crippen molar-refractivity contribution in [3.8, 4) is 0 Å². The van der Waals surface area contributed by atoms with E-state index in [1.165, 1.54) is 0 Å². The Labute approximate surface area is 107 Å². The van der Waals surface area contributed by atoms with Crippen molar-refractivity contribution in [3.63, 3.8) is 0 Å². The van der Waals surface area contributed by atoms with E-state index in [0.29, 0.717) is 0 Å². The average molecular weight is 332 g/mol. The van der Waals surface area contributed by atoms with Crippen LogP contribution < -0.4 is 5.32 Å². The Bertz CT molecular complexity index is 412. The molecule has 6 heteroatoms. The second-order valence-corrected chi connectivity index (χ2v) is 4.47. The molecular weight excluding hydrogens is 319 g/mol. The van der Waals surface area contributed by atoms with Crippen LogP contribution in [0.2, 0.25) is 0 Å². The largest absolute Gasteiger partial charge is 0.454 e. The summed E-state index contributed by atoms with van der Waals surface area (Å²) < 4.78 is 8.19. The van der Waals surface area contributed by atoms with Crippen molar-refractivity contribution in [2.45, 2.75) is 19.5 Å². The van der Waals surface area contributed by atoms with Crippen LogP contribution in [0.15, 0.2) is 28.9 Å². The zero-order valence-electron chi connectivity index (χ0n) is 8.77. The number of hydrogen-bond acceptors (Lipinski definition) is 4. The molecule has 5 nitrogen and oxygen atoms in total. The predicted molar refractivity (Wildman–Crippen MR) is 67.8 cm³/mol. The van der Waals surface area contributed by atoms with Crippen LogP contribution in [0, 0.1) is 3.77 Å². The lowest BCUT2D eigenvalue weighted by Crippen LogP contribution is -2.16. The van der Waals surface area contributed by atoms with Gasteiger partial charge in [0.1, 0.15) is 5.76 Å². The maximum Gasteiger partial charge on any atom is 0.164 e. The smallest absolute Gasteiger partial charge is 0.164 e. The second kappa shape index (κ2) is 6.00. The first-order valence-electron chi connectivity index (χ1n) is 5.13. The van der Waals surface area contributed by atoms with Gasteiger partial charge in [-0.15, -0.1) is 5.10 Å². The lowest BCUT2D eigenvalue weighted by molar-refractivity contribution is 0.454. The van der Waals surface area contributed by atoms with Crippen LogP contribution in [0.4, 0.5) is 0 Å². The molecule has 0 fully saturated rings. The Hall–Kier alpha value is -0.890. The lowest BCUT2D eigenvalue weighted by atomic mass is 10.4. The molecule has 0 aliphatic carbocycles. The van der Waals surface area contributed by atoms with E-state index in [-0.39, 0.29) is 0 Å². The summed E-state index contributed by atoms with van der Waals surface area (Å²) in [5.41, 5.74) is 0. The Morgan fingerprint density at radius 1 is 1.44 bits per heavy atom. The maximum absolute atomic E-state index is 5.43. The molecule has 0 saturated carbocycles. The molecule has 2 rings (SSSR count). The normalized spacial score (nSPS) is 10.8. The topological polar surface area (TPSA) is 55.9 Å². The van der Waals surface area contributed by atoms with E-state index < -0.39 is 0 Å². The summed E-state index contributed by atoms with van der Waals surface area (Å²) in [6.45, 7) is 2.61. The third-order valence-corrected chi connectivity index (χ3v) is 2.72. The monoisotopic (exact) mass is 332 g/mol. The summed E-state index contributed by atoms with van der Waals surface area (Å²) in [6, 6.07) is 3.96. The standard InChI is InChI=1S/C10H13IN4O/c11-10-3-2-9(16-10)8-12-4-1-6-15-7-5-13-14-15/h2-3,5,7,12H,1,4,6,8H2. The van der Waals surface area contributed by atoms with E-state index in [1.807, 2.05) is 23.0 Å². The molecule has 0 radical (unpaired) electrons. The quantitative estimate of drug-likeness (QED) is 0.646. The summed E-state index contributed by atoms with van der Waals surface area (Å²) in [6.07, 6.45) is 4.59. The van der Waals surface area contributed by atoms with Crippen molar-refractivity contribution in [2.75, 3.05) is 6.54 Å². The van der Waals surface area contributed by atoms with Crippen molar-refractivity contribution in [2.24, 2.45) is 0 Å². The van der Waals surface area contributed by atoms with Crippen LogP contribution in [0.3, 0.4) is 0 Å². The highest BCUT2D eigenvalue weighted by Gasteiger charge is 1.98. The third-order valence-electron chi connectivity index (χ3n) is 2.14. The minimum atomic E-state index is 0.778. The second-order valence-electron chi connectivity index (χ2n) is 3.40. The summed E-state index contributed by atoms with van der Waals surface area (Å²) >= 11 is 2.16. The molecule has 0 amide bonds. The summed E-state index contributed by atoms with van der Waals surface area (Å²) in [4.78, 5) is 0. The number of aromatic nitrogens is 3. The molecule has 1 N–H and O–H groups in total. The summed E-state index contributed by atoms with van der Waals surface area (Å²) in [5, 5.41) is 11.0. The molecule has 0 atom stereocenters. The lowest BCUT2D eigenvalue weighted by Gasteiger charge is -2.02. The minimum Gasteiger partial charge on any atom is -0.454 e. The van der Waals surface area contributed by atoms with Gasteiger partial charge >= 0.3 is 0 Å². The Morgan fingerprint density at radius 2 is 2.38 bits per heavy atom. The Morgan fingerprint density at radius 3 is 3.06 bits per heavy atom. The molecule has 2 aromatic rings. The number of rotatable bonds is 6. The fourth-order valence-electron chi connectivity index (χ4n) is 1.38. The number of hydrogen-bond donors (Lipinski definition) is 1. The van der Waals surface area contributed by atoms with E-state index in [9.17, 15) is 0 Å². The molecule has 0 bridgehead atoms. The van der Waals surface area contributed by atoms with E-state index >= 15 is 0 Å². The van der Waals surface area contributed by atoms with Gasteiger partial charge in [-0.1, -0.05) is 5.21 Å². The van der Waals surface area contributed by atoms with E-state index in [2.05, 4.69) is 38.2 Å². The van der Waals surface area contributed by atoms with Gasteiger partial charge < -0.3 is 9.73 Å². The van der Waals surface area contributed by atoms with Crippen LogP contribution in [0.1, 0.15) is 12.2 Å². The fourth-order valence-corrected chi connectivity index (χ4v) is 1.84. The van der Waals surface area contributed by atoms with Crippen LogP contribution in [0.25, 0.3) is 0 Å². The summed E-state index contributed by atoms with van der Waals surface area (Å²) in [7, 11) is 0. The van der Waals surface area contributed by atoms with Crippen LogP contribution >= 0.6 is 22.6 Å². The maximum atomic E-state index is 5.43. The van der Waals surface area contributed by atoms with Crippen LogP contribution in [0.5, 0.6) is 0 Å². The highest BCUT2D eigenvalue weighted by Crippen LogP contribution is 2.09. The first-order chi connectivity index (χ1) is 7.84. The predicted octanol–water partition coefficient (Wildman–Crippen LogP) is 1.66. The summed E-state index contributed by atoms with van der Waals surface area (Å²) in [5.74, 6) is 0.977. The van der Waals surface area contributed by atoms with Gasteiger partial charge in [-0.3, -0.25) is 4.68 Å². The van der Waals surface area contributed by atoms with Crippen molar-refractivity contribution in [3.05, 3.63) is 34.1 Å². The Kier molecular flexibility index (Phi) is 4.34. The molecule has 2 heterocycles. The van der Waals surface area contributed by atoms with Gasteiger partial charge in [-0.05, 0) is 47.7 Å². The number of aryl methyl sites for hydroxylation is 1. The average Bonchev–Trinajstić information content (AvgIpc) is 2.89. The van der Waals surface area contributed by atoms with Crippen LogP contribution in [-0.2, 0) is 13.1 Å². The first-order valence-corrected chi connectivity index (χ1v) is 6.21. The van der Waals surface area contributed by atoms with Gasteiger partial charge in [0.05, 0.1) is 12.7 Å². The highest BCUT2D eigenvalue weighted by molar-refractivity contribution is 14.1. The van der Waals surface area contributed by atoms with Gasteiger partial charge in [0.25, 0.3) is 0 Å². The van der Waals surface area contributed by atoms with Gasteiger partial charge in [-0.2, -0.15) is 0 Å². The van der Waals surface area contributed by atoms with Crippen molar-refractivity contribution >= 4 is 22.6 Å². The molecule has 2 aromatic heterocycles. The molecule has 16 heavy (non-hydrogen) atoms. The highest BCUT2D eigenvalue weighted by atomic mass is 127. The van der Waals surface area contributed by atoms with E-state index in [0.717, 1.165) is 35.6 Å².